The van der Waals surface area contributed by atoms with Gasteiger partial charge in [0.2, 0.25) is 0 Å². The van der Waals surface area contributed by atoms with Crippen molar-refractivity contribution in [1.82, 2.24) is 0 Å². The molecular weight excluding hydrogens is 280 g/mol. The summed E-state index contributed by atoms with van der Waals surface area (Å²) in [7, 11) is 0. The standard InChI is InChI=1S/C10H14O2Te/c1-2-3-7-13-10-8(11)5-4-6-9(10)12/h4-6,11-12H,2-3,7H2,1H3. The molecule has 0 heterocycles. The van der Waals surface area contributed by atoms with E-state index in [-0.39, 0.29) is 11.5 Å². The van der Waals surface area contributed by atoms with Crippen LogP contribution in [0.5, 0.6) is 11.5 Å². The van der Waals surface area contributed by atoms with Crippen molar-refractivity contribution >= 4 is 24.5 Å². The van der Waals surface area contributed by atoms with Crippen LogP contribution in [0.25, 0.3) is 0 Å². The van der Waals surface area contributed by atoms with Crippen LogP contribution in [0.3, 0.4) is 0 Å². The van der Waals surface area contributed by atoms with Crippen molar-refractivity contribution in [2.75, 3.05) is 0 Å². The third-order valence-corrected chi connectivity index (χ3v) is 5.14. The van der Waals surface area contributed by atoms with Gasteiger partial charge >= 0.3 is 88.7 Å². The first-order chi connectivity index (χ1) is 6.25. The van der Waals surface area contributed by atoms with E-state index < -0.39 is 20.9 Å². The van der Waals surface area contributed by atoms with Gasteiger partial charge in [-0.1, -0.05) is 0 Å². The van der Waals surface area contributed by atoms with Gasteiger partial charge in [-0.25, -0.2) is 0 Å². The Morgan fingerprint density at radius 1 is 1.23 bits per heavy atom. The molecule has 1 rings (SSSR count). The van der Waals surface area contributed by atoms with Gasteiger partial charge in [-0.15, -0.1) is 0 Å². The van der Waals surface area contributed by atoms with Gasteiger partial charge < -0.3 is 0 Å². The molecule has 0 aliphatic heterocycles. The molecular formula is C10H14O2Te. The summed E-state index contributed by atoms with van der Waals surface area (Å²) in [6, 6.07) is 4.96. The summed E-state index contributed by atoms with van der Waals surface area (Å²) in [5, 5.41) is 18.9. The third-order valence-electron chi connectivity index (χ3n) is 1.72. The fourth-order valence-corrected chi connectivity index (χ4v) is 4.03. The molecule has 0 radical (unpaired) electrons. The first-order valence-electron chi connectivity index (χ1n) is 4.39. The van der Waals surface area contributed by atoms with E-state index in [1.165, 1.54) is 12.8 Å². The molecule has 0 amide bonds. The maximum atomic E-state index is 9.46. The zero-order chi connectivity index (χ0) is 9.68. The molecule has 2 N–H and O–H groups in total. The van der Waals surface area contributed by atoms with Crippen molar-refractivity contribution in [1.29, 1.82) is 0 Å². The molecule has 0 bridgehead atoms. The Labute approximate surface area is 88.7 Å². The van der Waals surface area contributed by atoms with Crippen LogP contribution >= 0.6 is 0 Å². The Morgan fingerprint density at radius 2 is 1.85 bits per heavy atom. The number of phenols is 2. The molecule has 0 saturated carbocycles. The van der Waals surface area contributed by atoms with E-state index in [4.69, 9.17) is 0 Å². The van der Waals surface area contributed by atoms with Crippen molar-refractivity contribution in [3.8, 4) is 11.5 Å². The monoisotopic (exact) mass is 296 g/mol. The number of hydrogen-bond acceptors (Lipinski definition) is 2. The van der Waals surface area contributed by atoms with Gasteiger partial charge in [0.05, 0.1) is 0 Å². The predicted octanol–water partition coefficient (Wildman–Crippen LogP) is 1.65. The van der Waals surface area contributed by atoms with E-state index in [9.17, 15) is 10.2 Å². The van der Waals surface area contributed by atoms with Crippen molar-refractivity contribution in [2.24, 2.45) is 0 Å². The minimum absolute atomic E-state index is 0.263. The van der Waals surface area contributed by atoms with Gasteiger partial charge in [-0.05, 0) is 0 Å². The Balaban J connectivity index is 2.64. The van der Waals surface area contributed by atoms with Crippen molar-refractivity contribution in [2.45, 2.75) is 24.2 Å². The molecule has 1 aromatic carbocycles. The van der Waals surface area contributed by atoms with Gasteiger partial charge in [0.25, 0.3) is 0 Å². The van der Waals surface area contributed by atoms with Crippen LogP contribution in [0, 0.1) is 0 Å². The molecule has 0 aliphatic rings. The quantitative estimate of drug-likeness (QED) is 0.655. The summed E-state index contributed by atoms with van der Waals surface area (Å²) in [5.74, 6) is 0.525. The molecule has 0 fully saturated rings. The van der Waals surface area contributed by atoms with Crippen LogP contribution in [0.4, 0.5) is 0 Å². The fourth-order valence-electron chi connectivity index (χ4n) is 0.979. The fraction of sp³-hybridized carbons (Fsp3) is 0.400. The zero-order valence-electron chi connectivity index (χ0n) is 7.66. The first-order valence-corrected chi connectivity index (χ1v) is 7.20. The Kier molecular flexibility index (Phi) is 4.41. The minimum atomic E-state index is -0.401. The van der Waals surface area contributed by atoms with Crippen molar-refractivity contribution in [3.05, 3.63) is 18.2 Å². The summed E-state index contributed by atoms with van der Waals surface area (Å²) in [5.41, 5.74) is 0. The van der Waals surface area contributed by atoms with E-state index in [1.807, 2.05) is 0 Å². The molecule has 1 aromatic rings. The topological polar surface area (TPSA) is 40.5 Å². The number of benzene rings is 1. The summed E-state index contributed by atoms with van der Waals surface area (Å²) in [6.07, 6.45) is 2.37. The van der Waals surface area contributed by atoms with Crippen molar-refractivity contribution < 1.29 is 10.2 Å². The normalized spacial score (nSPS) is 10.2. The molecule has 0 saturated heterocycles. The van der Waals surface area contributed by atoms with Crippen LogP contribution in [-0.4, -0.2) is 31.1 Å². The van der Waals surface area contributed by atoms with E-state index >= 15 is 0 Å². The number of unbranched alkanes of at least 4 members (excludes halogenated alkanes) is 1. The third kappa shape index (κ3) is 3.10. The number of hydrogen-bond donors (Lipinski definition) is 2. The number of phenolic OH excluding ortho intramolecular Hbond substituents is 2. The second-order valence-corrected chi connectivity index (χ2v) is 5.98. The van der Waals surface area contributed by atoms with Crippen LogP contribution in [0.15, 0.2) is 18.2 Å². The molecule has 0 aromatic heterocycles. The molecule has 0 atom stereocenters. The Bertz CT molecular complexity index is 253. The van der Waals surface area contributed by atoms with Crippen LogP contribution < -0.4 is 3.61 Å². The second kappa shape index (κ2) is 5.36. The molecule has 72 valence electrons. The number of aromatic hydroxyl groups is 2. The van der Waals surface area contributed by atoms with E-state index in [0.717, 1.165) is 8.08 Å². The average Bonchev–Trinajstić information content (AvgIpc) is 2.10. The molecule has 0 unspecified atom stereocenters. The van der Waals surface area contributed by atoms with E-state index in [0.29, 0.717) is 0 Å². The number of rotatable bonds is 4. The summed E-state index contributed by atoms with van der Waals surface area (Å²) >= 11 is -0.401. The van der Waals surface area contributed by atoms with E-state index in [2.05, 4.69) is 6.92 Å². The maximum absolute atomic E-state index is 9.46. The SMILES string of the molecule is CCCC[Te]c1c(O)cccc1O. The van der Waals surface area contributed by atoms with Crippen LogP contribution in [-0.2, 0) is 0 Å². The Hall–Kier alpha value is -0.390. The summed E-state index contributed by atoms with van der Waals surface area (Å²) < 4.78 is 1.95. The average molecular weight is 294 g/mol. The van der Waals surface area contributed by atoms with Gasteiger partial charge in [0, 0.05) is 0 Å². The van der Waals surface area contributed by atoms with Gasteiger partial charge in [-0.2, -0.15) is 0 Å². The molecule has 0 spiro atoms. The predicted molar refractivity (Wildman–Crippen MR) is 54.9 cm³/mol. The van der Waals surface area contributed by atoms with Gasteiger partial charge in [0.15, 0.2) is 0 Å². The molecule has 3 heteroatoms. The zero-order valence-corrected chi connectivity index (χ0v) is 9.99. The van der Waals surface area contributed by atoms with E-state index in [1.54, 1.807) is 18.2 Å². The molecule has 0 aliphatic carbocycles. The van der Waals surface area contributed by atoms with Gasteiger partial charge in [-0.3, -0.25) is 0 Å². The molecule has 2 nitrogen and oxygen atoms in total. The summed E-state index contributed by atoms with van der Waals surface area (Å²) in [4.78, 5) is 0. The Morgan fingerprint density at radius 3 is 2.38 bits per heavy atom. The van der Waals surface area contributed by atoms with Gasteiger partial charge in [0.1, 0.15) is 0 Å². The van der Waals surface area contributed by atoms with Crippen LogP contribution in [0.2, 0.25) is 4.47 Å². The first kappa shape index (κ1) is 10.7. The van der Waals surface area contributed by atoms with Crippen LogP contribution in [0.1, 0.15) is 19.8 Å². The van der Waals surface area contributed by atoms with Crippen molar-refractivity contribution in [3.63, 3.8) is 0 Å². The molecule has 13 heavy (non-hydrogen) atoms. The second-order valence-electron chi connectivity index (χ2n) is 2.83. The summed E-state index contributed by atoms with van der Waals surface area (Å²) in [6.45, 7) is 2.15.